The van der Waals surface area contributed by atoms with Gasteiger partial charge in [0.1, 0.15) is 0 Å². The highest BCUT2D eigenvalue weighted by Crippen LogP contribution is 2.28. The van der Waals surface area contributed by atoms with Crippen molar-refractivity contribution >= 4 is 35.0 Å². The molecule has 2 aromatic carbocycles. The molecule has 0 saturated carbocycles. The topological polar surface area (TPSA) is 103 Å². The normalized spacial score (nSPS) is 12.0. The number of aromatic nitrogens is 3. The summed E-state index contributed by atoms with van der Waals surface area (Å²) < 4.78 is 2.00. The van der Waals surface area contributed by atoms with Crippen molar-refractivity contribution in [2.75, 3.05) is 0 Å². The van der Waals surface area contributed by atoms with Crippen LogP contribution in [-0.2, 0) is 12.3 Å². The Balaban J connectivity index is 1.79. The van der Waals surface area contributed by atoms with Crippen molar-refractivity contribution in [2.45, 2.75) is 50.7 Å². The lowest BCUT2D eigenvalue weighted by Crippen LogP contribution is -2.31. The second kappa shape index (κ2) is 11.3. The molecule has 10 heteroatoms. The number of hydrogen-bond donors (Lipinski definition) is 1. The van der Waals surface area contributed by atoms with Crippen LogP contribution in [0.3, 0.4) is 0 Å². The zero-order valence-corrected chi connectivity index (χ0v) is 20.3. The first-order valence-corrected chi connectivity index (χ1v) is 12.0. The third kappa shape index (κ3) is 6.33. The molecule has 1 aromatic heterocycles. The van der Waals surface area contributed by atoms with Crippen LogP contribution in [0.5, 0.6) is 0 Å². The number of carbonyl (C=O) groups excluding carboxylic acids is 1. The molecule has 1 N–H and O–H groups in total. The molecule has 1 atom stereocenters. The van der Waals surface area contributed by atoms with Crippen molar-refractivity contribution in [3.05, 3.63) is 80.6 Å². The van der Waals surface area contributed by atoms with Gasteiger partial charge in [-0.3, -0.25) is 14.9 Å². The summed E-state index contributed by atoms with van der Waals surface area (Å²) in [6, 6.07) is 13.1. The summed E-state index contributed by atoms with van der Waals surface area (Å²) in [5.41, 5.74) is 1.43. The Morgan fingerprint density at radius 2 is 1.88 bits per heavy atom. The maximum Gasteiger partial charge on any atom is 0.269 e. The van der Waals surface area contributed by atoms with Crippen molar-refractivity contribution < 1.29 is 9.72 Å². The standard InChI is InChI=1S/C23H26ClN5O3S/c1-4-28-21(20(13-15(2)3)25-22(30)18-7-5-6-8-19(18)24)26-27-23(28)33-14-16-9-11-17(12-10-16)29(31)32/h5-12,15,20H,4,13-14H2,1-3H3,(H,25,30)/t20-/m0/s1. The van der Waals surface area contributed by atoms with Gasteiger partial charge < -0.3 is 9.88 Å². The van der Waals surface area contributed by atoms with Crippen molar-refractivity contribution in [1.29, 1.82) is 0 Å². The number of halogens is 1. The Bertz CT molecular complexity index is 1120. The van der Waals surface area contributed by atoms with E-state index >= 15 is 0 Å². The van der Waals surface area contributed by atoms with Gasteiger partial charge in [0, 0.05) is 24.4 Å². The molecule has 0 aliphatic carbocycles. The fourth-order valence-electron chi connectivity index (χ4n) is 3.41. The van der Waals surface area contributed by atoms with Gasteiger partial charge in [-0.2, -0.15) is 0 Å². The molecule has 0 bridgehead atoms. The van der Waals surface area contributed by atoms with Crippen LogP contribution >= 0.6 is 23.4 Å². The van der Waals surface area contributed by atoms with Gasteiger partial charge in [-0.1, -0.05) is 61.5 Å². The van der Waals surface area contributed by atoms with E-state index in [1.54, 1.807) is 36.4 Å². The molecular weight excluding hydrogens is 462 g/mol. The summed E-state index contributed by atoms with van der Waals surface area (Å²) in [5.74, 6) is 1.35. The molecule has 0 saturated heterocycles. The number of nitrogens with zero attached hydrogens (tertiary/aromatic N) is 4. The molecule has 0 unspecified atom stereocenters. The van der Waals surface area contributed by atoms with E-state index in [4.69, 9.17) is 11.6 Å². The maximum atomic E-state index is 12.9. The molecular formula is C23H26ClN5O3S. The lowest BCUT2D eigenvalue weighted by molar-refractivity contribution is -0.384. The smallest absolute Gasteiger partial charge is 0.269 e. The summed E-state index contributed by atoms with van der Waals surface area (Å²) in [6.07, 6.45) is 0.696. The van der Waals surface area contributed by atoms with E-state index < -0.39 is 4.92 Å². The zero-order valence-electron chi connectivity index (χ0n) is 18.7. The van der Waals surface area contributed by atoms with Crippen LogP contribution in [0.4, 0.5) is 5.69 Å². The third-order valence-electron chi connectivity index (χ3n) is 5.02. The van der Waals surface area contributed by atoms with E-state index in [0.717, 1.165) is 10.7 Å². The van der Waals surface area contributed by atoms with Gasteiger partial charge in [0.15, 0.2) is 11.0 Å². The summed E-state index contributed by atoms with van der Waals surface area (Å²) in [6.45, 7) is 6.82. The van der Waals surface area contributed by atoms with Crippen molar-refractivity contribution in [1.82, 2.24) is 20.1 Å². The van der Waals surface area contributed by atoms with Crippen LogP contribution in [0.15, 0.2) is 53.7 Å². The van der Waals surface area contributed by atoms with Crippen LogP contribution in [0.1, 0.15) is 55.0 Å². The average Bonchev–Trinajstić information content (AvgIpc) is 3.20. The second-order valence-corrected chi connectivity index (χ2v) is 9.28. The summed E-state index contributed by atoms with van der Waals surface area (Å²) >= 11 is 7.71. The largest absolute Gasteiger partial charge is 0.342 e. The van der Waals surface area contributed by atoms with E-state index in [9.17, 15) is 14.9 Å². The molecule has 0 radical (unpaired) electrons. The molecule has 0 aliphatic heterocycles. The second-order valence-electron chi connectivity index (χ2n) is 7.93. The van der Waals surface area contributed by atoms with Crippen molar-refractivity contribution in [3.63, 3.8) is 0 Å². The monoisotopic (exact) mass is 487 g/mol. The van der Waals surface area contributed by atoms with Gasteiger partial charge in [-0.15, -0.1) is 10.2 Å². The number of nitro groups is 1. The first kappa shape index (κ1) is 24.7. The third-order valence-corrected chi connectivity index (χ3v) is 6.39. The maximum absolute atomic E-state index is 12.9. The molecule has 1 amide bonds. The fraction of sp³-hybridized carbons (Fsp3) is 0.348. The highest BCUT2D eigenvalue weighted by molar-refractivity contribution is 7.98. The van der Waals surface area contributed by atoms with E-state index in [1.165, 1.54) is 23.9 Å². The number of benzene rings is 2. The zero-order chi connectivity index (χ0) is 24.0. The van der Waals surface area contributed by atoms with Gasteiger partial charge in [0.2, 0.25) is 0 Å². The predicted molar refractivity (Wildman–Crippen MR) is 129 cm³/mol. The predicted octanol–water partition coefficient (Wildman–Crippen LogP) is 5.67. The van der Waals surface area contributed by atoms with E-state index in [0.29, 0.717) is 41.0 Å². The number of carbonyl (C=O) groups is 1. The van der Waals surface area contributed by atoms with Gasteiger partial charge in [0.05, 0.1) is 21.6 Å². The Morgan fingerprint density at radius 3 is 2.48 bits per heavy atom. The van der Waals surface area contributed by atoms with Crippen LogP contribution in [-0.4, -0.2) is 25.6 Å². The molecule has 0 spiro atoms. The van der Waals surface area contributed by atoms with Crippen molar-refractivity contribution in [2.24, 2.45) is 5.92 Å². The molecule has 3 aromatic rings. The molecule has 174 valence electrons. The Hall–Kier alpha value is -2.91. The number of amides is 1. The molecule has 1 heterocycles. The van der Waals surface area contributed by atoms with Crippen LogP contribution in [0, 0.1) is 16.0 Å². The number of nitrogens with one attached hydrogen (secondary N) is 1. The highest BCUT2D eigenvalue weighted by atomic mass is 35.5. The number of non-ortho nitro benzene ring substituents is 1. The minimum Gasteiger partial charge on any atom is -0.342 e. The van der Waals surface area contributed by atoms with E-state index in [1.807, 2.05) is 11.5 Å². The van der Waals surface area contributed by atoms with Crippen LogP contribution < -0.4 is 5.32 Å². The van der Waals surface area contributed by atoms with E-state index in [2.05, 4.69) is 29.4 Å². The summed E-state index contributed by atoms with van der Waals surface area (Å²) in [7, 11) is 0. The Labute approximate surface area is 201 Å². The summed E-state index contributed by atoms with van der Waals surface area (Å²) in [4.78, 5) is 23.3. The van der Waals surface area contributed by atoms with Crippen molar-refractivity contribution in [3.8, 4) is 0 Å². The first-order chi connectivity index (χ1) is 15.8. The lowest BCUT2D eigenvalue weighted by Gasteiger charge is -2.21. The Kier molecular flexibility index (Phi) is 8.46. The molecule has 0 fully saturated rings. The minimum absolute atomic E-state index is 0.0635. The number of rotatable bonds is 10. The van der Waals surface area contributed by atoms with Gasteiger partial charge >= 0.3 is 0 Å². The van der Waals surface area contributed by atoms with Gasteiger partial charge in [0.25, 0.3) is 11.6 Å². The SMILES string of the molecule is CCn1c(SCc2ccc([N+](=O)[O-])cc2)nnc1[C@H](CC(C)C)NC(=O)c1ccccc1Cl. The average molecular weight is 488 g/mol. The molecule has 0 aliphatic rings. The van der Waals surface area contributed by atoms with Gasteiger partial charge in [-0.05, 0) is 37.0 Å². The number of hydrogen-bond acceptors (Lipinski definition) is 6. The quantitative estimate of drug-likeness (QED) is 0.224. The minimum atomic E-state index is -0.414. The van der Waals surface area contributed by atoms with E-state index in [-0.39, 0.29) is 17.6 Å². The first-order valence-electron chi connectivity index (χ1n) is 10.6. The molecule has 3 rings (SSSR count). The summed E-state index contributed by atoms with van der Waals surface area (Å²) in [5, 5.41) is 23.8. The Morgan fingerprint density at radius 1 is 1.18 bits per heavy atom. The fourth-order valence-corrected chi connectivity index (χ4v) is 4.59. The number of nitro benzene ring substituents is 1. The molecule has 8 nitrogen and oxygen atoms in total. The van der Waals surface area contributed by atoms with Crippen LogP contribution in [0.25, 0.3) is 0 Å². The number of thioether (sulfide) groups is 1. The molecule has 33 heavy (non-hydrogen) atoms. The lowest BCUT2D eigenvalue weighted by atomic mass is 10.0. The van der Waals surface area contributed by atoms with Crippen LogP contribution in [0.2, 0.25) is 5.02 Å². The van der Waals surface area contributed by atoms with Gasteiger partial charge in [-0.25, -0.2) is 0 Å². The highest BCUT2D eigenvalue weighted by Gasteiger charge is 2.25.